The van der Waals surface area contributed by atoms with Crippen molar-refractivity contribution in [2.45, 2.75) is 13.0 Å². The summed E-state index contributed by atoms with van der Waals surface area (Å²) in [5.41, 5.74) is 6.01. The third kappa shape index (κ3) is 3.08. The summed E-state index contributed by atoms with van der Waals surface area (Å²) in [6, 6.07) is 4.79. The number of aromatic carboxylic acids is 1. The van der Waals surface area contributed by atoms with Crippen molar-refractivity contribution in [1.29, 1.82) is 0 Å². The molecule has 1 atom stereocenters. The van der Waals surface area contributed by atoms with Gasteiger partial charge in [0.1, 0.15) is 0 Å². The summed E-state index contributed by atoms with van der Waals surface area (Å²) in [5.74, 6) is -1.82. The molecule has 2 rings (SSSR count). The molecule has 9 heteroatoms. The normalized spacial score (nSPS) is 18.1. The Labute approximate surface area is 125 Å². The maximum absolute atomic E-state index is 11.9. The van der Waals surface area contributed by atoms with E-state index in [1.807, 2.05) is 0 Å². The first kappa shape index (κ1) is 14.7. The number of amides is 1. The number of benzene rings is 1. The molecule has 8 nitrogen and oxygen atoms in total. The van der Waals surface area contributed by atoms with Crippen LogP contribution in [0.5, 0.6) is 0 Å². The van der Waals surface area contributed by atoms with Gasteiger partial charge in [0.15, 0.2) is 11.2 Å². The molecule has 1 aliphatic heterocycles. The number of thiocarbonyl (C=S) groups is 1. The number of nitrogens with zero attached hydrogens (tertiary/aromatic N) is 4. The molecule has 1 aromatic carbocycles. The average Bonchev–Trinajstić information content (AvgIpc) is 2.72. The van der Waals surface area contributed by atoms with E-state index in [-0.39, 0.29) is 16.4 Å². The lowest BCUT2D eigenvalue weighted by Gasteiger charge is -2.08. The summed E-state index contributed by atoms with van der Waals surface area (Å²) >= 11 is 4.69. The second-order valence-corrected chi connectivity index (χ2v) is 4.60. The molecular formula is C12H10N5O3S-. The van der Waals surface area contributed by atoms with Gasteiger partial charge in [-0.15, -0.1) is 0 Å². The summed E-state index contributed by atoms with van der Waals surface area (Å²) < 4.78 is 0. The molecule has 0 fully saturated rings. The molecule has 0 aliphatic carbocycles. The molecule has 108 valence electrons. The first-order valence-electron chi connectivity index (χ1n) is 5.81. The highest BCUT2D eigenvalue weighted by atomic mass is 32.1. The average molecular weight is 304 g/mol. The number of hydrogen-bond donors (Lipinski definition) is 1. The van der Waals surface area contributed by atoms with E-state index in [0.717, 1.165) is 5.01 Å². The van der Waals surface area contributed by atoms with Gasteiger partial charge in [-0.05, 0) is 36.8 Å². The van der Waals surface area contributed by atoms with E-state index in [0.29, 0.717) is 5.71 Å². The van der Waals surface area contributed by atoms with Gasteiger partial charge in [-0.1, -0.05) is 12.1 Å². The second kappa shape index (κ2) is 5.75. The zero-order chi connectivity index (χ0) is 15.6. The van der Waals surface area contributed by atoms with Crippen LogP contribution >= 0.6 is 12.2 Å². The molecule has 0 bridgehead atoms. The van der Waals surface area contributed by atoms with Crippen LogP contribution in [0, 0.1) is 0 Å². The quantitative estimate of drug-likeness (QED) is 0.620. The van der Waals surface area contributed by atoms with Crippen LogP contribution < -0.4 is 10.8 Å². The number of carboxylic acids is 1. The van der Waals surface area contributed by atoms with Crippen LogP contribution in [0.1, 0.15) is 17.3 Å². The minimum absolute atomic E-state index is 0.0284. The molecule has 0 saturated carbocycles. The Morgan fingerprint density at radius 1 is 1.52 bits per heavy atom. The van der Waals surface area contributed by atoms with Crippen LogP contribution in [0.4, 0.5) is 5.69 Å². The van der Waals surface area contributed by atoms with Crippen molar-refractivity contribution < 1.29 is 14.7 Å². The molecule has 0 saturated heterocycles. The van der Waals surface area contributed by atoms with Crippen molar-refractivity contribution in [3.63, 3.8) is 0 Å². The summed E-state index contributed by atoms with van der Waals surface area (Å²) in [7, 11) is 0. The van der Waals surface area contributed by atoms with Gasteiger partial charge >= 0.3 is 0 Å². The van der Waals surface area contributed by atoms with Gasteiger partial charge in [-0.25, -0.2) is 0 Å². The SMILES string of the molecule is CC1=NN(C(N)=S)C(=O)[C@@H]1N=Nc1cccc(C(=O)[O-])c1. The lowest BCUT2D eigenvalue weighted by molar-refractivity contribution is -0.255. The summed E-state index contributed by atoms with van der Waals surface area (Å²) in [5, 5.41) is 23.0. The molecule has 1 aromatic rings. The molecule has 2 N–H and O–H groups in total. The van der Waals surface area contributed by atoms with Crippen molar-refractivity contribution in [3.05, 3.63) is 29.8 Å². The lowest BCUT2D eigenvalue weighted by atomic mass is 10.2. The van der Waals surface area contributed by atoms with Gasteiger partial charge in [0, 0.05) is 0 Å². The fourth-order valence-corrected chi connectivity index (χ4v) is 1.80. The number of hydrogen-bond acceptors (Lipinski definition) is 7. The molecule has 21 heavy (non-hydrogen) atoms. The monoisotopic (exact) mass is 304 g/mol. The highest BCUT2D eigenvalue weighted by Gasteiger charge is 2.35. The van der Waals surface area contributed by atoms with E-state index in [2.05, 4.69) is 15.3 Å². The summed E-state index contributed by atoms with van der Waals surface area (Å²) in [6.07, 6.45) is 0. The molecule has 0 radical (unpaired) electrons. The predicted molar refractivity (Wildman–Crippen MR) is 75.8 cm³/mol. The summed E-state index contributed by atoms with van der Waals surface area (Å²) in [4.78, 5) is 22.7. The zero-order valence-electron chi connectivity index (χ0n) is 10.9. The number of rotatable bonds is 3. The number of azo groups is 1. The Balaban J connectivity index is 2.20. The van der Waals surface area contributed by atoms with Gasteiger partial charge in [-0.3, -0.25) is 4.79 Å². The van der Waals surface area contributed by atoms with Gasteiger partial charge in [0.2, 0.25) is 0 Å². The van der Waals surface area contributed by atoms with E-state index in [9.17, 15) is 14.7 Å². The Hall–Kier alpha value is -2.68. The third-order valence-electron chi connectivity index (χ3n) is 2.68. The zero-order valence-corrected chi connectivity index (χ0v) is 11.7. The molecule has 1 amide bonds. The van der Waals surface area contributed by atoms with E-state index in [4.69, 9.17) is 18.0 Å². The largest absolute Gasteiger partial charge is 0.545 e. The van der Waals surface area contributed by atoms with E-state index in [1.54, 1.807) is 13.0 Å². The number of carbonyl (C=O) groups excluding carboxylic acids is 2. The molecule has 0 spiro atoms. The lowest BCUT2D eigenvalue weighted by Crippen LogP contribution is -2.37. The standard InChI is InChI=1S/C12H11N5O3S/c1-6-9(10(18)17(16-6)12(13)21)15-14-8-4-2-3-7(5-8)11(19)20/h2-5,9H,1H3,(H2,13,21)(H,19,20)/p-1/t9-/m1/s1. The van der Waals surface area contributed by atoms with E-state index >= 15 is 0 Å². The maximum Gasteiger partial charge on any atom is 0.282 e. The van der Waals surface area contributed by atoms with Crippen LogP contribution in [-0.4, -0.2) is 33.8 Å². The summed E-state index contributed by atoms with van der Waals surface area (Å²) in [6.45, 7) is 1.59. The number of carbonyl (C=O) groups is 2. The molecule has 1 aliphatic rings. The van der Waals surface area contributed by atoms with E-state index < -0.39 is 17.9 Å². The van der Waals surface area contributed by atoms with Crippen LogP contribution in [0.3, 0.4) is 0 Å². The topological polar surface area (TPSA) is 124 Å². The number of hydrazone groups is 1. The van der Waals surface area contributed by atoms with Crippen molar-refractivity contribution in [2.24, 2.45) is 21.1 Å². The number of nitrogens with two attached hydrogens (primary N) is 1. The first-order chi connectivity index (χ1) is 9.90. The Bertz CT molecular complexity index is 685. The van der Waals surface area contributed by atoms with Crippen molar-refractivity contribution in [2.75, 3.05) is 0 Å². The molecular weight excluding hydrogens is 294 g/mol. The van der Waals surface area contributed by atoms with Crippen molar-refractivity contribution in [3.8, 4) is 0 Å². The highest BCUT2D eigenvalue weighted by Crippen LogP contribution is 2.18. The fourth-order valence-electron chi connectivity index (χ4n) is 1.67. The Morgan fingerprint density at radius 2 is 2.24 bits per heavy atom. The fraction of sp³-hybridized carbons (Fsp3) is 0.167. The molecule has 0 aromatic heterocycles. The second-order valence-electron chi connectivity index (χ2n) is 4.19. The third-order valence-corrected chi connectivity index (χ3v) is 2.85. The van der Waals surface area contributed by atoms with Crippen LogP contribution in [0.15, 0.2) is 39.6 Å². The Morgan fingerprint density at radius 3 is 2.81 bits per heavy atom. The highest BCUT2D eigenvalue weighted by molar-refractivity contribution is 7.80. The predicted octanol–water partition coefficient (Wildman–Crippen LogP) is -0.0359. The Kier molecular flexibility index (Phi) is 4.03. The van der Waals surface area contributed by atoms with Crippen molar-refractivity contribution >= 4 is 40.6 Å². The van der Waals surface area contributed by atoms with Crippen molar-refractivity contribution in [1.82, 2.24) is 5.01 Å². The van der Waals surface area contributed by atoms with Crippen LogP contribution in [-0.2, 0) is 4.79 Å². The van der Waals surface area contributed by atoms with Gasteiger partial charge in [0.05, 0.1) is 17.4 Å². The molecule has 0 unspecified atom stereocenters. The maximum atomic E-state index is 11.9. The smallest absolute Gasteiger partial charge is 0.282 e. The van der Waals surface area contributed by atoms with Crippen LogP contribution in [0.2, 0.25) is 0 Å². The van der Waals surface area contributed by atoms with Gasteiger partial charge < -0.3 is 15.6 Å². The minimum atomic E-state index is -1.32. The first-order valence-corrected chi connectivity index (χ1v) is 6.21. The van der Waals surface area contributed by atoms with Gasteiger partial charge in [0.25, 0.3) is 5.91 Å². The minimum Gasteiger partial charge on any atom is -0.545 e. The van der Waals surface area contributed by atoms with Gasteiger partial charge in [-0.2, -0.15) is 20.3 Å². The van der Waals surface area contributed by atoms with E-state index in [1.165, 1.54) is 18.2 Å². The molecule has 1 heterocycles. The number of carboxylic acid groups (broad SMARTS) is 1. The van der Waals surface area contributed by atoms with Crippen LogP contribution in [0.25, 0.3) is 0 Å².